The predicted molar refractivity (Wildman–Crippen MR) is 276 cm³/mol. The molecule has 2 aliphatic heterocycles. The molecule has 314 valence electrons. The van der Waals surface area contributed by atoms with E-state index < -0.39 is 0 Å². The van der Waals surface area contributed by atoms with Gasteiger partial charge in [-0.05, 0) is 157 Å². The van der Waals surface area contributed by atoms with E-state index in [-0.39, 0.29) is 28.4 Å². The molecule has 3 heterocycles. The summed E-state index contributed by atoms with van der Waals surface area (Å²) < 4.78 is 2.67. The number of fused-ring (bicyclic) bond motifs is 8. The largest absolute Gasteiger partial charge is 0.311 e. The molecule has 11 rings (SSSR count). The van der Waals surface area contributed by atoms with E-state index in [0.717, 1.165) is 0 Å². The fraction of sp³-hybridized carbons (Fsp3) is 0.288. The Labute approximate surface area is 379 Å². The van der Waals surface area contributed by atoms with Gasteiger partial charge < -0.3 is 9.80 Å². The molecule has 0 unspecified atom stereocenters. The lowest BCUT2D eigenvalue weighted by Crippen LogP contribution is -2.61. The second-order valence-corrected chi connectivity index (χ2v) is 23.3. The number of benzene rings is 7. The van der Waals surface area contributed by atoms with Gasteiger partial charge in [-0.2, -0.15) is 0 Å². The maximum absolute atomic E-state index is 2.62. The van der Waals surface area contributed by atoms with Crippen LogP contribution in [0.15, 0.2) is 133 Å². The van der Waals surface area contributed by atoms with E-state index in [9.17, 15) is 0 Å². The van der Waals surface area contributed by atoms with Gasteiger partial charge >= 0.3 is 0 Å². The zero-order chi connectivity index (χ0) is 44.0. The fourth-order valence-electron chi connectivity index (χ4n) is 11.2. The smallest absolute Gasteiger partial charge is 0.252 e. The Bertz CT molecular complexity index is 3170. The zero-order valence-electron chi connectivity index (χ0n) is 39.0. The van der Waals surface area contributed by atoms with Gasteiger partial charge in [0, 0.05) is 54.3 Å². The maximum atomic E-state index is 2.62. The lowest BCUT2D eigenvalue weighted by Gasteiger charge is -2.46. The summed E-state index contributed by atoms with van der Waals surface area (Å²) in [7, 11) is 0. The highest BCUT2D eigenvalue weighted by Gasteiger charge is 2.45. The van der Waals surface area contributed by atoms with Crippen molar-refractivity contribution < 1.29 is 0 Å². The second kappa shape index (κ2) is 13.7. The molecule has 2 nitrogen and oxygen atoms in total. The highest BCUT2D eigenvalue weighted by Crippen LogP contribution is 2.50. The summed E-state index contributed by atoms with van der Waals surface area (Å²) in [4.78, 5) is 5.19. The minimum absolute atomic E-state index is 0.00412. The average Bonchev–Trinajstić information content (AvgIpc) is 3.63. The van der Waals surface area contributed by atoms with Crippen molar-refractivity contribution in [1.29, 1.82) is 0 Å². The van der Waals surface area contributed by atoms with Crippen LogP contribution in [0.25, 0.3) is 31.3 Å². The summed E-state index contributed by atoms with van der Waals surface area (Å²) in [5.41, 5.74) is 21.4. The molecule has 0 spiro atoms. The van der Waals surface area contributed by atoms with Crippen molar-refractivity contribution in [1.82, 2.24) is 0 Å². The molecular weight excluding hydrogens is 780 g/mol. The zero-order valence-corrected chi connectivity index (χ0v) is 39.8. The Morgan fingerprint density at radius 2 is 1.08 bits per heavy atom. The van der Waals surface area contributed by atoms with Gasteiger partial charge in [-0.3, -0.25) is 0 Å². The van der Waals surface area contributed by atoms with Gasteiger partial charge in [0.05, 0.1) is 0 Å². The number of nitrogens with zero attached hydrogens (tertiary/aromatic N) is 2. The highest BCUT2D eigenvalue weighted by molar-refractivity contribution is 7.26. The molecule has 0 amide bonds. The Kier molecular flexibility index (Phi) is 8.75. The molecule has 63 heavy (non-hydrogen) atoms. The van der Waals surface area contributed by atoms with E-state index >= 15 is 0 Å². The summed E-state index contributed by atoms with van der Waals surface area (Å²) in [6, 6.07) is 52.1. The number of hydrogen-bond acceptors (Lipinski definition) is 3. The normalized spacial score (nSPS) is 16.2. The molecule has 0 saturated heterocycles. The molecule has 0 saturated carbocycles. The lowest BCUT2D eigenvalue weighted by atomic mass is 9.33. The van der Waals surface area contributed by atoms with Crippen LogP contribution in [-0.2, 0) is 21.7 Å². The number of rotatable bonds is 3. The van der Waals surface area contributed by atoms with Gasteiger partial charge in [0.1, 0.15) is 0 Å². The van der Waals surface area contributed by atoms with Crippen molar-refractivity contribution in [2.75, 3.05) is 9.80 Å². The first-order valence-corrected chi connectivity index (χ1v) is 23.9. The van der Waals surface area contributed by atoms with E-state index in [1.807, 2.05) is 11.3 Å². The summed E-state index contributed by atoms with van der Waals surface area (Å²) in [5, 5.41) is 2.68. The van der Waals surface area contributed by atoms with Crippen molar-refractivity contribution >= 4 is 88.7 Å². The van der Waals surface area contributed by atoms with E-state index in [4.69, 9.17) is 0 Å². The van der Waals surface area contributed by atoms with Gasteiger partial charge in [0.2, 0.25) is 0 Å². The topological polar surface area (TPSA) is 6.48 Å². The first-order valence-electron chi connectivity index (χ1n) is 23.1. The van der Waals surface area contributed by atoms with Crippen molar-refractivity contribution in [2.45, 2.75) is 111 Å². The minimum Gasteiger partial charge on any atom is -0.311 e. The standard InChI is InChI=1S/C59H59BN2S/c1-36-31-50-55-51(32-36)62(41-25-26-44-45(35-41)59(10,11)30-29-58(44,8)9)49-28-22-39(57(5,6)7)34-47(49)60(55)46-33-38(56(2,3)4)21-27-48(46)61(50)40-23-19-37(20-24-40)42-16-14-18-53-54(42)43-15-12-13-17-52(43)63-53/h12-28,31-35H,29-30H2,1-11H3. The van der Waals surface area contributed by atoms with Crippen molar-refractivity contribution in [3.8, 4) is 11.1 Å². The number of hydrogen-bond donors (Lipinski definition) is 0. The van der Waals surface area contributed by atoms with Crippen molar-refractivity contribution in [2.24, 2.45) is 0 Å². The Morgan fingerprint density at radius 3 is 1.70 bits per heavy atom. The SMILES string of the molecule is Cc1cc2c3c(c1)N(c1ccc4c(c1)C(C)(C)CCC4(C)C)c1ccc(C(C)(C)C)cc1B3c1cc(C(C)(C)C)ccc1N2c1ccc(-c2cccc3sc4ccccc4c23)cc1. The predicted octanol–water partition coefficient (Wildman–Crippen LogP) is 15.1. The number of anilines is 6. The monoisotopic (exact) mass is 838 g/mol. The number of thiophene rings is 1. The molecule has 4 heteroatoms. The van der Waals surface area contributed by atoms with Crippen LogP contribution in [0, 0.1) is 6.92 Å². The molecule has 0 atom stereocenters. The van der Waals surface area contributed by atoms with Gasteiger partial charge in [0.25, 0.3) is 6.71 Å². The Hall–Kier alpha value is -5.58. The minimum atomic E-state index is -0.00869. The molecule has 0 fully saturated rings. The molecule has 0 N–H and O–H groups in total. The molecule has 0 bridgehead atoms. The molecule has 7 aromatic carbocycles. The highest BCUT2D eigenvalue weighted by atomic mass is 32.1. The van der Waals surface area contributed by atoms with Gasteiger partial charge in [-0.25, -0.2) is 0 Å². The van der Waals surface area contributed by atoms with E-state index in [1.165, 1.54) is 122 Å². The average molecular weight is 839 g/mol. The summed E-state index contributed by atoms with van der Waals surface area (Å²) in [6.45, 7) is 26.2. The van der Waals surface area contributed by atoms with Crippen LogP contribution in [0.4, 0.5) is 34.1 Å². The van der Waals surface area contributed by atoms with Crippen LogP contribution in [0.1, 0.15) is 110 Å². The second-order valence-electron chi connectivity index (χ2n) is 22.2. The molecule has 1 aliphatic carbocycles. The Morgan fingerprint density at radius 1 is 0.524 bits per heavy atom. The van der Waals surface area contributed by atoms with Crippen molar-refractivity contribution in [3.63, 3.8) is 0 Å². The molecule has 3 aliphatic rings. The first kappa shape index (κ1) is 40.2. The third-order valence-electron chi connectivity index (χ3n) is 14.9. The third kappa shape index (κ3) is 6.26. The van der Waals surface area contributed by atoms with Crippen molar-refractivity contribution in [3.05, 3.63) is 161 Å². The number of aryl methyl sites for hydroxylation is 1. The van der Waals surface area contributed by atoms with E-state index in [2.05, 4.69) is 219 Å². The van der Waals surface area contributed by atoms with Crippen LogP contribution in [0.5, 0.6) is 0 Å². The fourth-order valence-corrected chi connectivity index (χ4v) is 12.3. The first-order chi connectivity index (χ1) is 29.9. The Balaban J connectivity index is 1.16. The van der Waals surface area contributed by atoms with Crippen LogP contribution >= 0.6 is 11.3 Å². The molecule has 0 radical (unpaired) electrons. The third-order valence-corrected chi connectivity index (χ3v) is 16.0. The van der Waals surface area contributed by atoms with Crippen LogP contribution in [0.3, 0.4) is 0 Å². The van der Waals surface area contributed by atoms with Gasteiger partial charge in [-0.1, -0.05) is 142 Å². The van der Waals surface area contributed by atoms with Crippen LogP contribution in [-0.4, -0.2) is 6.71 Å². The molecule has 1 aromatic heterocycles. The van der Waals surface area contributed by atoms with Crippen LogP contribution < -0.4 is 26.2 Å². The van der Waals surface area contributed by atoms with E-state index in [0.29, 0.717) is 0 Å². The molecule has 8 aromatic rings. The van der Waals surface area contributed by atoms with Crippen LogP contribution in [0.2, 0.25) is 0 Å². The van der Waals surface area contributed by atoms with Gasteiger partial charge in [0.15, 0.2) is 0 Å². The van der Waals surface area contributed by atoms with E-state index in [1.54, 1.807) is 0 Å². The maximum Gasteiger partial charge on any atom is 0.252 e. The lowest BCUT2D eigenvalue weighted by molar-refractivity contribution is 0.332. The molecular formula is C59H59BN2S. The summed E-state index contributed by atoms with van der Waals surface area (Å²) in [5.74, 6) is 0. The summed E-state index contributed by atoms with van der Waals surface area (Å²) >= 11 is 1.88. The summed E-state index contributed by atoms with van der Waals surface area (Å²) in [6.07, 6.45) is 2.39. The quantitative estimate of drug-likeness (QED) is 0.164. The van der Waals surface area contributed by atoms with Gasteiger partial charge in [-0.15, -0.1) is 11.3 Å².